The number of carbonyl (C=O) groups is 1. The first kappa shape index (κ1) is 24.9. The highest BCUT2D eigenvalue weighted by atomic mass is 16.5. The SMILES string of the molecule is Cc1ccc(OCc2c(C(=O)NCc3c(C)nn(C)c3C)c(=O)cc(C)n2Cc2ccccn2)cc1. The Labute approximate surface area is 210 Å². The second kappa shape index (κ2) is 10.6. The minimum Gasteiger partial charge on any atom is -0.487 e. The van der Waals surface area contributed by atoms with E-state index in [0.717, 1.165) is 33.9 Å². The molecule has 0 unspecified atom stereocenters. The number of amides is 1. The van der Waals surface area contributed by atoms with Gasteiger partial charge in [0.15, 0.2) is 5.43 Å². The number of rotatable bonds is 8. The zero-order chi connectivity index (χ0) is 25.8. The van der Waals surface area contributed by atoms with E-state index in [1.165, 1.54) is 6.07 Å². The normalized spacial score (nSPS) is 10.9. The van der Waals surface area contributed by atoms with E-state index in [9.17, 15) is 9.59 Å². The molecule has 36 heavy (non-hydrogen) atoms. The zero-order valence-corrected chi connectivity index (χ0v) is 21.3. The van der Waals surface area contributed by atoms with E-state index in [4.69, 9.17) is 4.74 Å². The van der Waals surface area contributed by atoms with Gasteiger partial charge >= 0.3 is 0 Å². The molecule has 0 fully saturated rings. The molecule has 0 atom stereocenters. The molecule has 0 bridgehead atoms. The highest BCUT2D eigenvalue weighted by Gasteiger charge is 2.22. The number of benzene rings is 1. The maximum absolute atomic E-state index is 13.4. The summed E-state index contributed by atoms with van der Waals surface area (Å²) >= 11 is 0. The van der Waals surface area contributed by atoms with E-state index in [0.29, 0.717) is 18.0 Å². The van der Waals surface area contributed by atoms with Gasteiger partial charge in [0.2, 0.25) is 0 Å². The second-order valence-corrected chi connectivity index (χ2v) is 8.94. The van der Waals surface area contributed by atoms with E-state index in [1.54, 1.807) is 10.9 Å². The summed E-state index contributed by atoms with van der Waals surface area (Å²) in [5.74, 6) is 0.215. The molecular formula is C28H31N5O3. The molecule has 0 radical (unpaired) electrons. The molecule has 0 saturated carbocycles. The van der Waals surface area contributed by atoms with Crippen molar-refractivity contribution in [3.8, 4) is 5.75 Å². The summed E-state index contributed by atoms with van der Waals surface area (Å²) in [7, 11) is 1.87. The number of nitrogens with zero attached hydrogens (tertiary/aromatic N) is 4. The number of hydrogen-bond acceptors (Lipinski definition) is 5. The molecule has 186 valence electrons. The highest BCUT2D eigenvalue weighted by molar-refractivity contribution is 5.95. The largest absolute Gasteiger partial charge is 0.487 e. The summed E-state index contributed by atoms with van der Waals surface area (Å²) in [5.41, 5.74) is 5.63. The number of aromatic nitrogens is 4. The summed E-state index contributed by atoms with van der Waals surface area (Å²) in [5, 5.41) is 7.34. The Morgan fingerprint density at radius 2 is 1.81 bits per heavy atom. The molecule has 0 saturated heterocycles. The van der Waals surface area contributed by atoms with Crippen molar-refractivity contribution in [3.05, 3.63) is 110 Å². The molecule has 3 heterocycles. The lowest BCUT2D eigenvalue weighted by Gasteiger charge is -2.20. The lowest BCUT2D eigenvalue weighted by atomic mass is 10.1. The topological polar surface area (TPSA) is 91.0 Å². The lowest BCUT2D eigenvalue weighted by Crippen LogP contribution is -2.33. The van der Waals surface area contributed by atoms with Gasteiger partial charge in [-0.15, -0.1) is 0 Å². The summed E-state index contributed by atoms with van der Waals surface area (Å²) in [6.45, 7) is 8.44. The van der Waals surface area contributed by atoms with Gasteiger partial charge in [-0.05, 0) is 52.0 Å². The van der Waals surface area contributed by atoms with Crippen molar-refractivity contribution in [1.29, 1.82) is 0 Å². The zero-order valence-electron chi connectivity index (χ0n) is 21.3. The minimum atomic E-state index is -0.445. The first-order chi connectivity index (χ1) is 17.2. The molecule has 8 heteroatoms. The Hall–Kier alpha value is -4.20. The van der Waals surface area contributed by atoms with Crippen molar-refractivity contribution < 1.29 is 9.53 Å². The average Bonchev–Trinajstić information content (AvgIpc) is 3.10. The van der Waals surface area contributed by atoms with Crippen LogP contribution in [-0.2, 0) is 26.7 Å². The number of hydrogen-bond donors (Lipinski definition) is 1. The van der Waals surface area contributed by atoms with Crippen LogP contribution in [0.25, 0.3) is 0 Å². The van der Waals surface area contributed by atoms with Crippen LogP contribution in [0.15, 0.2) is 59.5 Å². The maximum Gasteiger partial charge on any atom is 0.257 e. The van der Waals surface area contributed by atoms with Gasteiger partial charge in [-0.3, -0.25) is 19.3 Å². The molecule has 1 N–H and O–H groups in total. The van der Waals surface area contributed by atoms with Crippen LogP contribution in [0.1, 0.15) is 50.0 Å². The predicted octanol–water partition coefficient (Wildman–Crippen LogP) is 3.77. The Bertz CT molecular complexity index is 1440. The first-order valence-electron chi connectivity index (χ1n) is 11.8. The van der Waals surface area contributed by atoms with Crippen LogP contribution in [0, 0.1) is 27.7 Å². The van der Waals surface area contributed by atoms with Crippen molar-refractivity contribution in [3.63, 3.8) is 0 Å². The van der Waals surface area contributed by atoms with Crippen molar-refractivity contribution in [1.82, 2.24) is 24.6 Å². The molecule has 1 aromatic carbocycles. The summed E-state index contributed by atoms with van der Waals surface area (Å²) in [4.78, 5) is 31.0. The number of pyridine rings is 2. The van der Waals surface area contributed by atoms with Gasteiger partial charge in [0.1, 0.15) is 17.9 Å². The molecule has 4 rings (SSSR count). The van der Waals surface area contributed by atoms with Crippen LogP contribution in [0.3, 0.4) is 0 Å². The molecule has 1 amide bonds. The number of nitrogens with one attached hydrogen (secondary N) is 1. The van der Waals surface area contributed by atoms with E-state index in [-0.39, 0.29) is 24.1 Å². The average molecular weight is 486 g/mol. The molecule has 4 aromatic rings. The Kier molecular flexibility index (Phi) is 7.33. The quantitative estimate of drug-likeness (QED) is 0.410. The van der Waals surface area contributed by atoms with Crippen LogP contribution in [-0.4, -0.2) is 25.2 Å². The van der Waals surface area contributed by atoms with Crippen molar-refractivity contribution in [2.45, 2.75) is 47.4 Å². The number of carbonyl (C=O) groups excluding carboxylic acids is 1. The van der Waals surface area contributed by atoms with Crippen LogP contribution in [0.2, 0.25) is 0 Å². The van der Waals surface area contributed by atoms with Crippen LogP contribution < -0.4 is 15.5 Å². The van der Waals surface area contributed by atoms with Gasteiger partial charge in [-0.25, -0.2) is 0 Å². The van der Waals surface area contributed by atoms with Crippen LogP contribution >= 0.6 is 0 Å². The molecule has 8 nitrogen and oxygen atoms in total. The Morgan fingerprint density at radius 1 is 1.06 bits per heavy atom. The molecule has 0 spiro atoms. The van der Waals surface area contributed by atoms with Crippen LogP contribution in [0.5, 0.6) is 5.75 Å². The fraction of sp³-hybridized carbons (Fsp3) is 0.286. The summed E-state index contributed by atoms with van der Waals surface area (Å²) < 4.78 is 9.76. The van der Waals surface area contributed by atoms with Gasteiger partial charge in [0.25, 0.3) is 5.91 Å². The van der Waals surface area contributed by atoms with Crippen LogP contribution in [0.4, 0.5) is 0 Å². The third-order valence-electron chi connectivity index (χ3n) is 6.38. The molecular weight excluding hydrogens is 454 g/mol. The summed E-state index contributed by atoms with van der Waals surface area (Å²) in [6, 6.07) is 14.8. The predicted molar refractivity (Wildman–Crippen MR) is 138 cm³/mol. The maximum atomic E-state index is 13.4. The van der Waals surface area contributed by atoms with Gasteiger partial charge in [-0.2, -0.15) is 5.10 Å². The third kappa shape index (κ3) is 5.38. The van der Waals surface area contributed by atoms with Gasteiger partial charge in [0.05, 0.1) is 23.6 Å². The Morgan fingerprint density at radius 3 is 2.44 bits per heavy atom. The monoisotopic (exact) mass is 485 g/mol. The highest BCUT2D eigenvalue weighted by Crippen LogP contribution is 2.18. The van der Waals surface area contributed by atoms with E-state index in [1.807, 2.05) is 81.8 Å². The van der Waals surface area contributed by atoms with Crippen molar-refractivity contribution in [2.75, 3.05) is 0 Å². The number of aryl methyl sites for hydroxylation is 4. The van der Waals surface area contributed by atoms with E-state index in [2.05, 4.69) is 15.4 Å². The first-order valence-corrected chi connectivity index (χ1v) is 11.8. The fourth-order valence-corrected chi connectivity index (χ4v) is 4.21. The summed E-state index contributed by atoms with van der Waals surface area (Å²) in [6.07, 6.45) is 1.72. The third-order valence-corrected chi connectivity index (χ3v) is 6.38. The van der Waals surface area contributed by atoms with Gasteiger partial charge in [-0.1, -0.05) is 23.8 Å². The van der Waals surface area contributed by atoms with Crippen molar-refractivity contribution in [2.24, 2.45) is 7.05 Å². The molecule has 0 aliphatic carbocycles. The standard InChI is InChI=1S/C28H31N5O3/c1-18-9-11-23(12-10-18)36-17-25-27(28(35)30-15-24-20(3)31-32(5)21(24)4)26(34)14-19(2)33(25)16-22-8-6-7-13-29-22/h6-14H,15-17H2,1-5H3,(H,30,35). The smallest absolute Gasteiger partial charge is 0.257 e. The van der Waals surface area contributed by atoms with E-state index >= 15 is 0 Å². The minimum absolute atomic E-state index is 0.0561. The Balaban J connectivity index is 1.71. The van der Waals surface area contributed by atoms with Crippen molar-refractivity contribution >= 4 is 5.91 Å². The second-order valence-electron chi connectivity index (χ2n) is 8.94. The molecule has 3 aromatic heterocycles. The molecule has 0 aliphatic rings. The lowest BCUT2D eigenvalue weighted by molar-refractivity contribution is 0.0945. The van der Waals surface area contributed by atoms with E-state index < -0.39 is 5.91 Å². The fourth-order valence-electron chi connectivity index (χ4n) is 4.21. The molecule has 0 aliphatic heterocycles. The van der Waals surface area contributed by atoms with Gasteiger partial charge in [0, 0.05) is 42.8 Å². The number of ether oxygens (including phenoxy) is 1. The van der Waals surface area contributed by atoms with Gasteiger partial charge < -0.3 is 14.6 Å².